The molecule has 0 bridgehead atoms. The molecule has 0 atom stereocenters. The molecule has 0 aromatic carbocycles. The minimum Gasteiger partial charge on any atom is -0.336 e. The van der Waals surface area contributed by atoms with Crippen LogP contribution in [0.5, 0.6) is 0 Å². The summed E-state index contributed by atoms with van der Waals surface area (Å²) in [5.41, 5.74) is 7.78. The molecule has 0 radical (unpaired) electrons. The highest BCUT2D eigenvalue weighted by Gasteiger charge is 2.12. The number of nitrogens with two attached hydrogens (primary N) is 2. The second-order valence-corrected chi connectivity index (χ2v) is 8.04. The molecule has 1 aliphatic rings. The van der Waals surface area contributed by atoms with Crippen molar-refractivity contribution in [3.05, 3.63) is 39.8 Å². The fraction of sp³-hybridized carbons (Fsp3) is 0.500. The number of aryl methyl sites for hydroxylation is 1. The summed E-state index contributed by atoms with van der Waals surface area (Å²) in [5.74, 6) is 5.79. The van der Waals surface area contributed by atoms with Crippen molar-refractivity contribution in [2.24, 2.45) is 5.73 Å². The van der Waals surface area contributed by atoms with E-state index in [4.69, 9.17) is 11.6 Å². The maximum Gasteiger partial charge on any atom is 0.272 e. The van der Waals surface area contributed by atoms with Crippen molar-refractivity contribution < 1.29 is 0 Å². The first-order valence-corrected chi connectivity index (χ1v) is 9.96. The van der Waals surface area contributed by atoms with Gasteiger partial charge in [0.1, 0.15) is 0 Å². The van der Waals surface area contributed by atoms with Gasteiger partial charge in [0.05, 0.1) is 4.21 Å². The molecule has 0 amide bonds. The van der Waals surface area contributed by atoms with Gasteiger partial charge in [-0.25, -0.2) is 4.68 Å². The molecular formula is C18H28N4OS2. The molecular weight excluding hydrogens is 352 g/mol. The van der Waals surface area contributed by atoms with E-state index in [1.807, 2.05) is 32.0 Å². The smallest absolute Gasteiger partial charge is 0.272 e. The van der Waals surface area contributed by atoms with Crippen LogP contribution in [0.4, 0.5) is 0 Å². The van der Waals surface area contributed by atoms with Crippen molar-refractivity contribution >= 4 is 24.0 Å². The van der Waals surface area contributed by atoms with Gasteiger partial charge >= 0.3 is 0 Å². The molecule has 2 aromatic rings. The number of thiol groups is 1. The standard InChI is InChI=1S/C12H14N2OS2.C6H14N2/c1-3-8-6-9(7(2)14(13)12(8)15)10-4-5-11(16)17-10;7-3-6-8-4-1-2-5-8/h4-6,16H,3,13H2,1-2H3;1-7H2. The van der Waals surface area contributed by atoms with Gasteiger partial charge in [0, 0.05) is 34.8 Å². The Kier molecular flexibility index (Phi) is 7.56. The third-order valence-electron chi connectivity index (χ3n) is 4.45. The molecule has 0 spiro atoms. The van der Waals surface area contributed by atoms with Crippen molar-refractivity contribution in [1.82, 2.24) is 9.58 Å². The fourth-order valence-electron chi connectivity index (χ4n) is 2.94. The van der Waals surface area contributed by atoms with Gasteiger partial charge in [-0.15, -0.1) is 24.0 Å². The van der Waals surface area contributed by atoms with Crippen molar-refractivity contribution in [1.29, 1.82) is 0 Å². The number of hydrogen-bond donors (Lipinski definition) is 3. The summed E-state index contributed by atoms with van der Waals surface area (Å²) in [6.45, 7) is 8.27. The van der Waals surface area contributed by atoms with Gasteiger partial charge in [-0.3, -0.25) is 4.79 Å². The number of likely N-dealkylation sites (tertiary alicyclic amines) is 1. The van der Waals surface area contributed by atoms with E-state index in [-0.39, 0.29) is 5.56 Å². The zero-order valence-electron chi connectivity index (χ0n) is 15.0. The Balaban J connectivity index is 0.000000236. The summed E-state index contributed by atoms with van der Waals surface area (Å²) >= 11 is 5.89. The van der Waals surface area contributed by atoms with E-state index < -0.39 is 0 Å². The highest BCUT2D eigenvalue weighted by atomic mass is 32.2. The van der Waals surface area contributed by atoms with Crippen LogP contribution in [0.15, 0.2) is 27.2 Å². The molecule has 3 heterocycles. The van der Waals surface area contributed by atoms with E-state index in [0.29, 0.717) is 6.42 Å². The first-order chi connectivity index (χ1) is 12.0. The topological polar surface area (TPSA) is 77.3 Å². The number of nitrogen functional groups attached to an aromatic ring is 1. The monoisotopic (exact) mass is 380 g/mol. The second kappa shape index (κ2) is 9.43. The predicted octanol–water partition coefficient (Wildman–Crippen LogP) is 2.49. The van der Waals surface area contributed by atoms with Gasteiger partial charge in [-0.05, 0) is 57.5 Å². The zero-order valence-corrected chi connectivity index (χ0v) is 16.7. The molecule has 7 heteroatoms. The van der Waals surface area contributed by atoms with Gasteiger partial charge in [-0.2, -0.15) is 0 Å². The lowest BCUT2D eigenvalue weighted by atomic mass is 10.1. The third-order valence-corrected chi connectivity index (χ3v) is 5.79. The average Bonchev–Trinajstić information content (AvgIpc) is 3.26. The summed E-state index contributed by atoms with van der Waals surface area (Å²) in [5, 5.41) is 0. The molecule has 0 aliphatic carbocycles. The van der Waals surface area contributed by atoms with Gasteiger partial charge < -0.3 is 16.5 Å². The lowest BCUT2D eigenvalue weighted by Crippen LogP contribution is -2.31. The SMILES string of the molecule is CCc1cc(-c2ccc(S)s2)c(C)n(N)c1=O.NCCN1CCCC1. The van der Waals surface area contributed by atoms with Crippen molar-refractivity contribution in [3.63, 3.8) is 0 Å². The maximum absolute atomic E-state index is 11.8. The molecule has 4 N–H and O–H groups in total. The molecule has 3 rings (SSSR count). The lowest BCUT2D eigenvalue weighted by Gasteiger charge is -2.11. The van der Waals surface area contributed by atoms with Gasteiger partial charge in [0.25, 0.3) is 5.56 Å². The van der Waals surface area contributed by atoms with Crippen LogP contribution in [-0.4, -0.2) is 35.8 Å². The highest BCUT2D eigenvalue weighted by Crippen LogP contribution is 2.31. The minimum atomic E-state index is -0.114. The van der Waals surface area contributed by atoms with Crippen LogP contribution in [0.25, 0.3) is 10.4 Å². The number of hydrogen-bond acceptors (Lipinski definition) is 6. The van der Waals surface area contributed by atoms with Gasteiger partial charge in [-0.1, -0.05) is 6.92 Å². The predicted molar refractivity (Wildman–Crippen MR) is 110 cm³/mol. The first kappa shape index (κ1) is 20.0. The Hall–Kier alpha value is -1.28. The van der Waals surface area contributed by atoms with Crippen LogP contribution < -0.4 is 17.1 Å². The largest absolute Gasteiger partial charge is 0.336 e. The van der Waals surface area contributed by atoms with E-state index in [9.17, 15) is 4.79 Å². The number of aromatic nitrogens is 1. The maximum atomic E-state index is 11.8. The van der Waals surface area contributed by atoms with E-state index in [1.165, 1.54) is 30.6 Å². The number of rotatable bonds is 4. The fourth-order valence-corrected chi connectivity index (χ4v) is 4.12. The molecule has 138 valence electrons. The minimum absolute atomic E-state index is 0.114. The molecule has 0 unspecified atom stereocenters. The van der Waals surface area contributed by atoms with Crippen molar-refractivity contribution in [3.8, 4) is 10.4 Å². The lowest BCUT2D eigenvalue weighted by molar-refractivity contribution is 0.349. The normalized spacial score (nSPS) is 14.4. The number of pyridine rings is 1. The second-order valence-electron chi connectivity index (χ2n) is 6.17. The number of thiophene rings is 1. The Morgan fingerprint density at radius 3 is 2.48 bits per heavy atom. The first-order valence-electron chi connectivity index (χ1n) is 8.70. The summed E-state index contributed by atoms with van der Waals surface area (Å²) < 4.78 is 2.18. The molecule has 5 nitrogen and oxygen atoms in total. The van der Waals surface area contributed by atoms with E-state index >= 15 is 0 Å². The Morgan fingerprint density at radius 2 is 1.96 bits per heavy atom. The molecule has 1 saturated heterocycles. The molecule has 1 fully saturated rings. The highest BCUT2D eigenvalue weighted by molar-refractivity contribution is 7.83. The Morgan fingerprint density at radius 1 is 1.28 bits per heavy atom. The van der Waals surface area contributed by atoms with Gasteiger partial charge in [0.15, 0.2) is 0 Å². The van der Waals surface area contributed by atoms with Crippen LogP contribution in [0, 0.1) is 6.92 Å². The Bertz CT molecular complexity index is 748. The third kappa shape index (κ3) is 5.10. The Labute approximate surface area is 159 Å². The van der Waals surface area contributed by atoms with Gasteiger partial charge in [0.2, 0.25) is 0 Å². The summed E-state index contributed by atoms with van der Waals surface area (Å²) in [4.78, 5) is 15.3. The molecule has 0 saturated carbocycles. The van der Waals surface area contributed by atoms with Crippen LogP contribution in [0.1, 0.15) is 31.0 Å². The van der Waals surface area contributed by atoms with Crippen molar-refractivity contribution in [2.75, 3.05) is 32.0 Å². The van der Waals surface area contributed by atoms with E-state index in [0.717, 1.165) is 39.0 Å². The van der Waals surface area contributed by atoms with Crippen molar-refractivity contribution in [2.45, 2.75) is 37.3 Å². The summed E-state index contributed by atoms with van der Waals surface area (Å²) in [6.07, 6.45) is 3.43. The average molecular weight is 381 g/mol. The summed E-state index contributed by atoms with van der Waals surface area (Å²) in [6, 6.07) is 5.87. The quantitative estimate of drug-likeness (QED) is 0.563. The van der Waals surface area contributed by atoms with Crippen LogP contribution in [0.3, 0.4) is 0 Å². The number of nitrogens with zero attached hydrogens (tertiary/aromatic N) is 2. The van der Waals surface area contributed by atoms with Crippen LogP contribution in [-0.2, 0) is 6.42 Å². The van der Waals surface area contributed by atoms with E-state index in [2.05, 4.69) is 17.5 Å². The van der Waals surface area contributed by atoms with Crippen LogP contribution in [0.2, 0.25) is 0 Å². The molecule has 1 aliphatic heterocycles. The molecule has 2 aromatic heterocycles. The van der Waals surface area contributed by atoms with E-state index in [1.54, 1.807) is 11.3 Å². The zero-order chi connectivity index (χ0) is 18.4. The summed E-state index contributed by atoms with van der Waals surface area (Å²) in [7, 11) is 0. The molecule has 25 heavy (non-hydrogen) atoms. The van der Waals surface area contributed by atoms with Crippen LogP contribution >= 0.6 is 24.0 Å².